The molecule has 0 aromatic heterocycles. The van der Waals surface area contributed by atoms with Crippen LogP contribution < -0.4 is 38.9 Å². The van der Waals surface area contributed by atoms with Gasteiger partial charge in [-0.1, -0.05) is 12.1 Å². The van der Waals surface area contributed by atoms with Gasteiger partial charge in [-0.3, -0.25) is 24.2 Å². The van der Waals surface area contributed by atoms with Gasteiger partial charge in [0.2, 0.25) is 23.6 Å². The highest BCUT2D eigenvalue weighted by molar-refractivity contribution is 5.92. The van der Waals surface area contributed by atoms with Crippen LogP contribution in [0.1, 0.15) is 31.2 Å². The molecule has 15 heteroatoms. The molecule has 0 spiro atoms. The van der Waals surface area contributed by atoms with Gasteiger partial charge in [-0.25, -0.2) is 4.79 Å². The smallest absolute Gasteiger partial charge is 0.326 e. The number of guanidine groups is 1. The lowest BCUT2D eigenvalue weighted by atomic mass is 10.0. The maximum absolute atomic E-state index is 12.8. The third-order valence-corrected chi connectivity index (χ3v) is 5.05. The molecule has 4 amide bonds. The third kappa shape index (κ3) is 12.7. The van der Waals surface area contributed by atoms with E-state index in [2.05, 4.69) is 20.9 Å². The van der Waals surface area contributed by atoms with Crippen LogP contribution in [0.4, 0.5) is 0 Å². The van der Waals surface area contributed by atoms with Gasteiger partial charge in [-0.2, -0.15) is 0 Å². The van der Waals surface area contributed by atoms with Crippen molar-refractivity contribution in [1.29, 1.82) is 0 Å². The van der Waals surface area contributed by atoms with Gasteiger partial charge < -0.3 is 49.1 Å². The fraction of sp³-hybridized carbons (Fsp3) is 0.455. The molecule has 13 N–H and O–H groups in total. The van der Waals surface area contributed by atoms with E-state index in [0.29, 0.717) is 12.0 Å². The number of nitrogens with zero attached hydrogens (tertiary/aromatic N) is 1. The molecule has 0 saturated heterocycles. The van der Waals surface area contributed by atoms with E-state index in [-0.39, 0.29) is 43.9 Å². The topological polar surface area (TPSA) is 278 Å². The number of hydrogen-bond acceptors (Lipinski definition) is 8. The average molecular weight is 523 g/mol. The summed E-state index contributed by atoms with van der Waals surface area (Å²) in [7, 11) is 0. The number of hydrogen-bond donors (Lipinski definition) is 9. The number of carbonyl (C=O) groups excluding carboxylic acids is 4. The lowest BCUT2D eigenvalue weighted by molar-refractivity contribution is -0.142. The molecule has 1 rings (SSSR count). The Hall–Kier alpha value is -4.40. The van der Waals surface area contributed by atoms with E-state index >= 15 is 0 Å². The van der Waals surface area contributed by atoms with E-state index in [9.17, 15) is 34.2 Å². The fourth-order valence-electron chi connectivity index (χ4n) is 3.09. The second-order valence-corrected chi connectivity index (χ2v) is 8.17. The summed E-state index contributed by atoms with van der Waals surface area (Å²) in [4.78, 5) is 63.6. The zero-order valence-electron chi connectivity index (χ0n) is 20.2. The van der Waals surface area contributed by atoms with Crippen LogP contribution in [0.25, 0.3) is 0 Å². The number of carboxylic acids is 1. The predicted molar refractivity (Wildman–Crippen MR) is 133 cm³/mol. The number of carboxylic acid groups (broad SMARTS) is 1. The highest BCUT2D eigenvalue weighted by Crippen LogP contribution is 2.12. The second kappa shape index (κ2) is 15.6. The number of nitrogens with two attached hydrogens (primary N) is 4. The van der Waals surface area contributed by atoms with Crippen LogP contribution in [-0.4, -0.2) is 77.0 Å². The van der Waals surface area contributed by atoms with E-state index in [1.807, 2.05) is 0 Å². The SMILES string of the molecule is NC(=O)CCC(NC(=O)CNC(=O)C(Cc1ccc(O)cc1)NC(=O)C(N)CCCN=C(N)N)C(=O)O. The number of benzene rings is 1. The Labute approximate surface area is 213 Å². The molecule has 0 aliphatic carbocycles. The lowest BCUT2D eigenvalue weighted by Gasteiger charge is -2.21. The summed E-state index contributed by atoms with van der Waals surface area (Å²) in [6, 6.07) is 2.45. The van der Waals surface area contributed by atoms with E-state index in [0.717, 1.165) is 0 Å². The van der Waals surface area contributed by atoms with Crippen molar-refractivity contribution in [2.24, 2.45) is 27.9 Å². The molecule has 204 valence electrons. The van der Waals surface area contributed by atoms with Crippen molar-refractivity contribution in [3.63, 3.8) is 0 Å². The molecule has 15 nitrogen and oxygen atoms in total. The number of aliphatic imine (C=N–C) groups is 1. The van der Waals surface area contributed by atoms with Crippen LogP contribution in [0.15, 0.2) is 29.3 Å². The number of aromatic hydroxyl groups is 1. The largest absolute Gasteiger partial charge is 0.508 e. The first-order chi connectivity index (χ1) is 17.4. The van der Waals surface area contributed by atoms with E-state index in [1.54, 1.807) is 12.1 Å². The lowest BCUT2D eigenvalue weighted by Crippen LogP contribution is -2.54. The molecule has 0 bridgehead atoms. The molecule has 0 fully saturated rings. The van der Waals surface area contributed by atoms with Gasteiger partial charge in [-0.15, -0.1) is 0 Å². The zero-order chi connectivity index (χ0) is 28.0. The molecular formula is C22H34N8O7. The van der Waals surface area contributed by atoms with Crippen LogP contribution in [0.5, 0.6) is 5.75 Å². The van der Waals surface area contributed by atoms with Crippen LogP contribution in [0.3, 0.4) is 0 Å². The van der Waals surface area contributed by atoms with Crippen molar-refractivity contribution >= 4 is 35.6 Å². The number of phenols is 1. The molecule has 3 unspecified atom stereocenters. The standard InChI is InChI=1S/C22H34N8O7/c23-14(2-1-9-27-22(25)26)19(34)30-16(10-12-3-5-13(31)6-4-12)20(35)28-11-18(33)29-15(21(36)37)7-8-17(24)32/h3-6,14-16,31H,1-2,7-11,23H2,(H2,24,32)(H,28,35)(H,29,33)(H,30,34)(H,36,37)(H4,25,26,27). The first kappa shape index (κ1) is 30.6. The monoisotopic (exact) mass is 522 g/mol. The van der Waals surface area contributed by atoms with Crippen molar-refractivity contribution in [3.8, 4) is 5.75 Å². The van der Waals surface area contributed by atoms with Gasteiger partial charge in [0.05, 0.1) is 12.6 Å². The predicted octanol–water partition coefficient (Wildman–Crippen LogP) is -3.25. The summed E-state index contributed by atoms with van der Waals surface area (Å²) >= 11 is 0. The van der Waals surface area contributed by atoms with Crippen LogP contribution in [0.2, 0.25) is 0 Å². The molecular weight excluding hydrogens is 488 g/mol. The van der Waals surface area contributed by atoms with Crippen LogP contribution >= 0.6 is 0 Å². The number of rotatable bonds is 16. The summed E-state index contributed by atoms with van der Waals surface area (Å²) < 4.78 is 0. The van der Waals surface area contributed by atoms with Gasteiger partial charge in [0, 0.05) is 19.4 Å². The highest BCUT2D eigenvalue weighted by Gasteiger charge is 2.25. The van der Waals surface area contributed by atoms with Crippen molar-refractivity contribution in [2.75, 3.05) is 13.1 Å². The van der Waals surface area contributed by atoms with E-state index in [4.69, 9.17) is 22.9 Å². The third-order valence-electron chi connectivity index (χ3n) is 5.05. The molecule has 0 aliphatic heterocycles. The van der Waals surface area contributed by atoms with Gasteiger partial charge in [0.15, 0.2) is 5.96 Å². The minimum atomic E-state index is -1.37. The maximum atomic E-state index is 12.8. The van der Waals surface area contributed by atoms with Crippen LogP contribution in [0, 0.1) is 0 Å². The Balaban J connectivity index is 2.80. The van der Waals surface area contributed by atoms with Gasteiger partial charge in [0.25, 0.3) is 0 Å². The summed E-state index contributed by atoms with van der Waals surface area (Å²) in [6.45, 7) is -0.321. The Morgan fingerprint density at radius 3 is 2.14 bits per heavy atom. The molecule has 0 aliphatic rings. The molecule has 37 heavy (non-hydrogen) atoms. The average Bonchev–Trinajstić information content (AvgIpc) is 2.83. The number of primary amides is 1. The normalized spacial score (nSPS) is 12.9. The highest BCUT2D eigenvalue weighted by atomic mass is 16.4. The number of aliphatic carboxylic acids is 1. The summed E-state index contributed by atoms with van der Waals surface area (Å²) in [5, 5.41) is 25.8. The molecule has 0 radical (unpaired) electrons. The zero-order valence-corrected chi connectivity index (χ0v) is 20.2. The molecule has 1 aromatic rings. The molecule has 1 aromatic carbocycles. The Bertz CT molecular complexity index is 980. The summed E-state index contributed by atoms with van der Waals surface area (Å²) in [6.07, 6.45) is 0.195. The minimum absolute atomic E-state index is 0.0105. The van der Waals surface area contributed by atoms with Crippen molar-refractivity contribution in [2.45, 2.75) is 50.2 Å². The van der Waals surface area contributed by atoms with Crippen LogP contribution in [-0.2, 0) is 30.4 Å². The van der Waals surface area contributed by atoms with E-state index in [1.165, 1.54) is 12.1 Å². The maximum Gasteiger partial charge on any atom is 0.326 e. The Kier molecular flexibility index (Phi) is 12.9. The van der Waals surface area contributed by atoms with Crippen molar-refractivity contribution < 1.29 is 34.2 Å². The number of amides is 4. The number of nitrogens with one attached hydrogen (secondary N) is 3. The van der Waals surface area contributed by atoms with Gasteiger partial charge in [-0.05, 0) is 37.0 Å². The number of carbonyl (C=O) groups is 5. The first-order valence-corrected chi connectivity index (χ1v) is 11.4. The van der Waals surface area contributed by atoms with E-state index < -0.39 is 54.3 Å². The second-order valence-electron chi connectivity index (χ2n) is 8.17. The molecule has 0 saturated carbocycles. The van der Waals surface area contributed by atoms with Crippen molar-refractivity contribution in [1.82, 2.24) is 16.0 Å². The number of phenolic OH excluding ortho intramolecular Hbond substituents is 1. The fourth-order valence-corrected chi connectivity index (χ4v) is 3.09. The molecule has 0 heterocycles. The summed E-state index contributed by atoms with van der Waals surface area (Å²) in [5.74, 6) is -4.34. The Morgan fingerprint density at radius 1 is 0.919 bits per heavy atom. The first-order valence-electron chi connectivity index (χ1n) is 11.4. The van der Waals surface area contributed by atoms with Gasteiger partial charge >= 0.3 is 5.97 Å². The minimum Gasteiger partial charge on any atom is -0.508 e. The molecule has 3 atom stereocenters. The Morgan fingerprint density at radius 2 is 1.57 bits per heavy atom. The van der Waals surface area contributed by atoms with Crippen molar-refractivity contribution in [3.05, 3.63) is 29.8 Å². The quantitative estimate of drug-likeness (QED) is 0.0593. The summed E-state index contributed by atoms with van der Waals surface area (Å²) in [5.41, 5.74) is 22.0. The van der Waals surface area contributed by atoms with Gasteiger partial charge in [0.1, 0.15) is 17.8 Å².